The van der Waals surface area contributed by atoms with Crippen LogP contribution in [0.2, 0.25) is 0 Å². The van der Waals surface area contributed by atoms with Crippen LogP contribution < -0.4 is 0 Å². The van der Waals surface area contributed by atoms with Crippen LogP contribution in [0.15, 0.2) is 0 Å². The molecule has 0 spiro atoms. The lowest BCUT2D eigenvalue weighted by Crippen LogP contribution is -2.50. The van der Waals surface area contributed by atoms with Gasteiger partial charge in [-0.2, -0.15) is 5.26 Å². The van der Waals surface area contributed by atoms with Gasteiger partial charge in [0.25, 0.3) is 0 Å². The van der Waals surface area contributed by atoms with Crippen molar-refractivity contribution in [3.05, 3.63) is 0 Å². The fourth-order valence-corrected chi connectivity index (χ4v) is 1.80. The van der Waals surface area contributed by atoms with E-state index < -0.39 is 5.92 Å². The number of rotatable bonds is 3. The number of nitrogens with zero attached hydrogens (tertiary/aromatic N) is 2. The highest BCUT2D eigenvalue weighted by atomic mass is 16.5. The van der Waals surface area contributed by atoms with Gasteiger partial charge in [0.15, 0.2) is 0 Å². The van der Waals surface area contributed by atoms with E-state index in [1.165, 1.54) is 0 Å². The zero-order valence-corrected chi connectivity index (χ0v) is 9.40. The lowest BCUT2D eigenvalue weighted by molar-refractivity contribution is -0.142. The second-order valence-electron chi connectivity index (χ2n) is 3.76. The zero-order valence-electron chi connectivity index (χ0n) is 9.40. The highest BCUT2D eigenvalue weighted by molar-refractivity contribution is 5.81. The highest BCUT2D eigenvalue weighted by Crippen LogP contribution is 2.15. The molecule has 15 heavy (non-hydrogen) atoms. The fourth-order valence-electron chi connectivity index (χ4n) is 1.80. The largest absolute Gasteiger partial charge is 0.377 e. The Hall–Kier alpha value is -1.08. The summed E-state index contributed by atoms with van der Waals surface area (Å²) < 4.78 is 5.32. The van der Waals surface area contributed by atoms with Crippen LogP contribution in [0.25, 0.3) is 0 Å². The number of carbonyl (C=O) groups excluding carboxylic acids is 1. The topological polar surface area (TPSA) is 53.3 Å². The molecule has 0 aromatic rings. The molecule has 4 nitrogen and oxygen atoms in total. The Balaban J connectivity index is 2.67. The van der Waals surface area contributed by atoms with E-state index in [9.17, 15) is 4.79 Å². The van der Waals surface area contributed by atoms with Gasteiger partial charge in [-0.05, 0) is 12.8 Å². The molecule has 4 heteroatoms. The predicted molar refractivity (Wildman–Crippen MR) is 56.0 cm³/mol. The highest BCUT2D eigenvalue weighted by Gasteiger charge is 2.30. The number of hydrogen-bond acceptors (Lipinski definition) is 3. The van der Waals surface area contributed by atoms with Gasteiger partial charge in [-0.1, -0.05) is 13.8 Å². The number of hydrogen-bond donors (Lipinski definition) is 0. The molecule has 1 fully saturated rings. The lowest BCUT2D eigenvalue weighted by Gasteiger charge is -2.36. The average Bonchev–Trinajstić information content (AvgIpc) is 2.30. The van der Waals surface area contributed by atoms with Gasteiger partial charge in [-0.3, -0.25) is 4.79 Å². The van der Waals surface area contributed by atoms with Crippen molar-refractivity contribution in [3.63, 3.8) is 0 Å². The molecular formula is C11H18N2O2. The van der Waals surface area contributed by atoms with Crippen molar-refractivity contribution in [2.75, 3.05) is 19.8 Å². The summed E-state index contributed by atoms with van der Waals surface area (Å²) in [5.74, 6) is -0.521. The van der Waals surface area contributed by atoms with Crippen molar-refractivity contribution < 1.29 is 9.53 Å². The maximum atomic E-state index is 12.0. The van der Waals surface area contributed by atoms with Crippen molar-refractivity contribution in [1.29, 1.82) is 5.26 Å². The van der Waals surface area contributed by atoms with E-state index in [1.54, 1.807) is 4.90 Å². The van der Waals surface area contributed by atoms with Gasteiger partial charge < -0.3 is 9.64 Å². The summed E-state index contributed by atoms with van der Waals surface area (Å²) in [4.78, 5) is 13.8. The van der Waals surface area contributed by atoms with Crippen LogP contribution in [0.4, 0.5) is 0 Å². The third kappa shape index (κ3) is 2.69. The van der Waals surface area contributed by atoms with Crippen LogP contribution >= 0.6 is 0 Å². The van der Waals surface area contributed by atoms with E-state index in [1.807, 2.05) is 13.8 Å². The van der Waals surface area contributed by atoms with E-state index in [0.717, 1.165) is 6.42 Å². The first-order valence-corrected chi connectivity index (χ1v) is 5.52. The van der Waals surface area contributed by atoms with Crippen molar-refractivity contribution in [2.24, 2.45) is 5.92 Å². The summed E-state index contributed by atoms with van der Waals surface area (Å²) in [6, 6.07) is 2.21. The Morgan fingerprint density at radius 2 is 2.40 bits per heavy atom. The van der Waals surface area contributed by atoms with Crippen LogP contribution in [0.5, 0.6) is 0 Å². The summed E-state index contributed by atoms with van der Waals surface area (Å²) in [5.41, 5.74) is 0. The Morgan fingerprint density at radius 1 is 1.67 bits per heavy atom. The smallest absolute Gasteiger partial charge is 0.240 e. The van der Waals surface area contributed by atoms with Crippen LogP contribution in [0.3, 0.4) is 0 Å². The molecule has 0 N–H and O–H groups in total. The van der Waals surface area contributed by atoms with E-state index in [-0.39, 0.29) is 11.9 Å². The van der Waals surface area contributed by atoms with Crippen LogP contribution in [-0.2, 0) is 9.53 Å². The van der Waals surface area contributed by atoms with E-state index in [0.29, 0.717) is 26.2 Å². The minimum Gasteiger partial charge on any atom is -0.377 e. The molecule has 1 saturated heterocycles. The predicted octanol–water partition coefficient (Wildman–Crippen LogP) is 1.17. The van der Waals surface area contributed by atoms with Gasteiger partial charge in [0, 0.05) is 6.54 Å². The molecule has 0 aliphatic carbocycles. The molecule has 2 atom stereocenters. The zero-order chi connectivity index (χ0) is 11.3. The lowest BCUT2D eigenvalue weighted by atomic mass is 10.0. The van der Waals surface area contributed by atoms with Gasteiger partial charge in [-0.15, -0.1) is 0 Å². The quantitative estimate of drug-likeness (QED) is 0.702. The summed E-state index contributed by atoms with van der Waals surface area (Å²) in [6.07, 6.45) is 1.47. The molecule has 0 aromatic heterocycles. The molecule has 84 valence electrons. The number of morpholine rings is 1. The molecule has 1 amide bonds. The molecule has 1 aliphatic heterocycles. The first-order chi connectivity index (χ1) is 7.24. The Labute approximate surface area is 90.8 Å². The molecule has 0 aromatic carbocycles. The second kappa shape index (κ2) is 5.72. The minimum atomic E-state index is -0.489. The average molecular weight is 210 g/mol. The van der Waals surface area contributed by atoms with Gasteiger partial charge in [-0.25, -0.2) is 0 Å². The first kappa shape index (κ1) is 12.0. The summed E-state index contributed by atoms with van der Waals surface area (Å²) in [7, 11) is 0. The maximum absolute atomic E-state index is 12.0. The Kier molecular flexibility index (Phi) is 4.57. The van der Waals surface area contributed by atoms with Crippen LogP contribution in [-0.4, -0.2) is 36.6 Å². The third-order valence-electron chi connectivity index (χ3n) is 2.84. The molecule has 0 saturated carbocycles. The van der Waals surface area contributed by atoms with E-state index >= 15 is 0 Å². The number of ether oxygens (including phenoxy) is 1. The van der Waals surface area contributed by atoms with Crippen molar-refractivity contribution in [1.82, 2.24) is 4.90 Å². The molecule has 2 unspecified atom stereocenters. The van der Waals surface area contributed by atoms with Crippen LogP contribution in [0.1, 0.15) is 26.7 Å². The minimum absolute atomic E-state index is 0.0323. The standard InChI is InChI=1S/C11H18N2O2/c1-3-9(7-12)11(14)13-5-6-15-8-10(13)4-2/h9-10H,3-6,8H2,1-2H3. The fraction of sp³-hybridized carbons (Fsp3) is 0.818. The second-order valence-corrected chi connectivity index (χ2v) is 3.76. The van der Waals surface area contributed by atoms with E-state index in [4.69, 9.17) is 10.00 Å². The number of nitriles is 1. The van der Waals surface area contributed by atoms with Crippen molar-refractivity contribution >= 4 is 5.91 Å². The molecule has 1 heterocycles. The molecule has 1 rings (SSSR count). The first-order valence-electron chi connectivity index (χ1n) is 5.52. The maximum Gasteiger partial charge on any atom is 0.240 e. The molecule has 1 aliphatic rings. The van der Waals surface area contributed by atoms with E-state index in [2.05, 4.69) is 6.07 Å². The third-order valence-corrected chi connectivity index (χ3v) is 2.84. The number of carbonyl (C=O) groups is 1. The monoisotopic (exact) mass is 210 g/mol. The van der Waals surface area contributed by atoms with Gasteiger partial charge in [0.05, 0.1) is 25.3 Å². The molecule has 0 radical (unpaired) electrons. The van der Waals surface area contributed by atoms with Crippen molar-refractivity contribution in [2.45, 2.75) is 32.7 Å². The molecular weight excluding hydrogens is 192 g/mol. The Morgan fingerprint density at radius 3 is 2.93 bits per heavy atom. The van der Waals surface area contributed by atoms with Crippen LogP contribution in [0, 0.1) is 17.2 Å². The SMILES string of the molecule is CCC(C#N)C(=O)N1CCOCC1CC. The number of amides is 1. The summed E-state index contributed by atoms with van der Waals surface area (Å²) >= 11 is 0. The Bertz CT molecular complexity index is 260. The summed E-state index contributed by atoms with van der Waals surface area (Å²) in [5, 5.41) is 8.86. The van der Waals surface area contributed by atoms with Gasteiger partial charge in [0.1, 0.15) is 5.92 Å². The van der Waals surface area contributed by atoms with Crippen molar-refractivity contribution in [3.8, 4) is 6.07 Å². The molecule has 0 bridgehead atoms. The normalized spacial score (nSPS) is 23.3. The van der Waals surface area contributed by atoms with Gasteiger partial charge in [0.2, 0.25) is 5.91 Å². The van der Waals surface area contributed by atoms with Gasteiger partial charge >= 0.3 is 0 Å². The summed E-state index contributed by atoms with van der Waals surface area (Å²) in [6.45, 7) is 5.71.